The standard InChI is InChI=1S/C20H25N5O4.ClH/c26-16-6-5-15(18(27)23-16)25-19(28)13-3-1-4-14(17(13)20(25)29)22-7-2-10-24-11-8-21-9-12-24;/h1,3-4,15,21-22H,2,5-12H2,(H,23,26,27);1H. The molecule has 3 N–H and O–H groups in total. The van der Waals surface area contributed by atoms with Gasteiger partial charge in [-0.1, -0.05) is 6.07 Å². The van der Waals surface area contributed by atoms with Gasteiger partial charge < -0.3 is 15.5 Å². The zero-order valence-corrected chi connectivity index (χ0v) is 17.4. The molecule has 3 aliphatic rings. The minimum absolute atomic E-state index is 0. The maximum atomic E-state index is 13.0. The predicted octanol–water partition coefficient (Wildman–Crippen LogP) is 0.217. The van der Waals surface area contributed by atoms with Crippen molar-refractivity contribution >= 4 is 41.7 Å². The number of benzene rings is 1. The Morgan fingerprint density at radius 1 is 1.07 bits per heavy atom. The van der Waals surface area contributed by atoms with Gasteiger partial charge in [0.15, 0.2) is 0 Å². The van der Waals surface area contributed by atoms with Crippen molar-refractivity contribution in [3.05, 3.63) is 29.3 Å². The Hall–Kier alpha value is -2.49. The lowest BCUT2D eigenvalue weighted by atomic mass is 10.0. The number of imide groups is 2. The summed E-state index contributed by atoms with van der Waals surface area (Å²) >= 11 is 0. The summed E-state index contributed by atoms with van der Waals surface area (Å²) in [5.41, 5.74) is 1.21. The van der Waals surface area contributed by atoms with Crippen molar-refractivity contribution in [1.29, 1.82) is 0 Å². The monoisotopic (exact) mass is 435 g/mol. The summed E-state index contributed by atoms with van der Waals surface area (Å²) in [5.74, 6) is -1.94. The fourth-order valence-electron chi connectivity index (χ4n) is 4.12. The Morgan fingerprint density at radius 2 is 1.83 bits per heavy atom. The van der Waals surface area contributed by atoms with Gasteiger partial charge in [0.05, 0.1) is 11.1 Å². The molecule has 162 valence electrons. The van der Waals surface area contributed by atoms with E-state index in [0.717, 1.165) is 44.0 Å². The molecule has 30 heavy (non-hydrogen) atoms. The van der Waals surface area contributed by atoms with Gasteiger partial charge in [-0.3, -0.25) is 29.4 Å². The molecule has 1 aromatic carbocycles. The number of fused-ring (bicyclic) bond motifs is 1. The van der Waals surface area contributed by atoms with Crippen molar-refractivity contribution < 1.29 is 19.2 Å². The Morgan fingerprint density at radius 3 is 2.57 bits per heavy atom. The highest BCUT2D eigenvalue weighted by Crippen LogP contribution is 2.32. The second kappa shape index (κ2) is 9.55. The van der Waals surface area contributed by atoms with Crippen molar-refractivity contribution in [3.63, 3.8) is 0 Å². The van der Waals surface area contributed by atoms with E-state index >= 15 is 0 Å². The zero-order chi connectivity index (χ0) is 20.4. The summed E-state index contributed by atoms with van der Waals surface area (Å²) < 4.78 is 0. The SMILES string of the molecule is Cl.O=C1CCC(N2C(=O)c3cccc(NCCCN4CCNCC4)c3C2=O)C(=O)N1. The lowest BCUT2D eigenvalue weighted by Gasteiger charge is -2.28. The van der Waals surface area contributed by atoms with Crippen LogP contribution in [0.1, 0.15) is 40.0 Å². The van der Waals surface area contributed by atoms with E-state index < -0.39 is 23.8 Å². The third-order valence-electron chi connectivity index (χ3n) is 5.64. The topological polar surface area (TPSA) is 111 Å². The molecule has 10 heteroatoms. The number of hydrogen-bond donors (Lipinski definition) is 3. The minimum atomic E-state index is -0.944. The van der Waals surface area contributed by atoms with Crippen LogP contribution in [-0.2, 0) is 9.59 Å². The highest BCUT2D eigenvalue weighted by Gasteiger charge is 2.45. The summed E-state index contributed by atoms with van der Waals surface area (Å²) in [7, 11) is 0. The maximum Gasteiger partial charge on any atom is 0.264 e. The molecule has 1 aromatic rings. The molecule has 0 saturated carbocycles. The van der Waals surface area contributed by atoms with Crippen molar-refractivity contribution in [1.82, 2.24) is 20.4 Å². The van der Waals surface area contributed by atoms with Crippen molar-refractivity contribution in [2.45, 2.75) is 25.3 Å². The molecule has 4 rings (SSSR count). The second-order valence-corrected chi connectivity index (χ2v) is 7.55. The number of piperidine rings is 1. The molecule has 0 aromatic heterocycles. The molecule has 3 aliphatic heterocycles. The molecular formula is C20H26ClN5O4. The van der Waals surface area contributed by atoms with Crippen LogP contribution in [-0.4, -0.2) is 78.7 Å². The van der Waals surface area contributed by atoms with E-state index in [2.05, 4.69) is 20.9 Å². The number of amides is 4. The zero-order valence-electron chi connectivity index (χ0n) is 16.6. The molecule has 1 atom stereocenters. The van der Waals surface area contributed by atoms with Crippen LogP contribution >= 0.6 is 12.4 Å². The van der Waals surface area contributed by atoms with Gasteiger partial charge in [0.25, 0.3) is 11.8 Å². The van der Waals surface area contributed by atoms with Crippen LogP contribution in [0.25, 0.3) is 0 Å². The average molecular weight is 436 g/mol. The molecule has 0 spiro atoms. The summed E-state index contributed by atoms with van der Waals surface area (Å²) in [4.78, 5) is 52.8. The number of carbonyl (C=O) groups excluding carboxylic acids is 4. The number of carbonyl (C=O) groups is 4. The first-order chi connectivity index (χ1) is 14.1. The molecule has 2 fully saturated rings. The number of piperazine rings is 1. The molecule has 0 bridgehead atoms. The van der Waals surface area contributed by atoms with Crippen LogP contribution in [0.5, 0.6) is 0 Å². The van der Waals surface area contributed by atoms with Gasteiger partial charge in [0.1, 0.15) is 6.04 Å². The average Bonchev–Trinajstić information content (AvgIpc) is 2.98. The highest BCUT2D eigenvalue weighted by atomic mass is 35.5. The fourth-order valence-corrected chi connectivity index (χ4v) is 4.12. The van der Waals surface area contributed by atoms with E-state index in [-0.39, 0.29) is 31.2 Å². The van der Waals surface area contributed by atoms with Crippen LogP contribution < -0.4 is 16.0 Å². The van der Waals surface area contributed by atoms with E-state index in [1.165, 1.54) is 0 Å². The number of nitrogens with zero attached hydrogens (tertiary/aromatic N) is 2. The van der Waals surface area contributed by atoms with E-state index in [4.69, 9.17) is 0 Å². The number of halogens is 1. The lowest BCUT2D eigenvalue weighted by molar-refractivity contribution is -0.136. The molecule has 1 unspecified atom stereocenters. The number of hydrogen-bond acceptors (Lipinski definition) is 7. The highest BCUT2D eigenvalue weighted by molar-refractivity contribution is 6.25. The van der Waals surface area contributed by atoms with E-state index in [1.54, 1.807) is 18.2 Å². The van der Waals surface area contributed by atoms with Crippen LogP contribution in [0, 0.1) is 0 Å². The molecule has 4 amide bonds. The first-order valence-corrected chi connectivity index (χ1v) is 10.1. The molecule has 9 nitrogen and oxygen atoms in total. The summed E-state index contributed by atoms with van der Waals surface area (Å²) in [5, 5.41) is 8.82. The number of rotatable bonds is 6. The Kier molecular flexibility index (Phi) is 7.06. The smallest absolute Gasteiger partial charge is 0.264 e. The largest absolute Gasteiger partial charge is 0.384 e. The van der Waals surface area contributed by atoms with E-state index in [0.29, 0.717) is 23.4 Å². The third kappa shape index (κ3) is 4.33. The fraction of sp³-hybridized carbons (Fsp3) is 0.500. The second-order valence-electron chi connectivity index (χ2n) is 7.55. The molecule has 0 aliphatic carbocycles. The first kappa shape index (κ1) is 22.2. The maximum absolute atomic E-state index is 13.0. The van der Waals surface area contributed by atoms with E-state index in [1.807, 2.05) is 0 Å². The quantitative estimate of drug-likeness (QED) is 0.433. The summed E-state index contributed by atoms with van der Waals surface area (Å²) in [6.45, 7) is 5.74. The lowest BCUT2D eigenvalue weighted by Crippen LogP contribution is -2.54. The normalized spacial score (nSPS) is 21.9. The Balaban J connectivity index is 0.00000256. The third-order valence-corrected chi connectivity index (χ3v) is 5.64. The van der Waals surface area contributed by atoms with Crippen LogP contribution in [0.3, 0.4) is 0 Å². The number of nitrogens with one attached hydrogen (secondary N) is 3. The Bertz CT molecular complexity index is 856. The van der Waals surface area contributed by atoms with Crippen LogP contribution in [0.15, 0.2) is 18.2 Å². The molecule has 0 radical (unpaired) electrons. The Labute approximate surface area is 180 Å². The van der Waals surface area contributed by atoms with Crippen molar-refractivity contribution in [3.8, 4) is 0 Å². The van der Waals surface area contributed by atoms with Gasteiger partial charge in [-0.05, 0) is 31.5 Å². The predicted molar refractivity (Wildman–Crippen MR) is 113 cm³/mol. The van der Waals surface area contributed by atoms with Gasteiger partial charge in [-0.2, -0.15) is 0 Å². The van der Waals surface area contributed by atoms with Crippen molar-refractivity contribution in [2.24, 2.45) is 0 Å². The number of anilines is 1. The minimum Gasteiger partial charge on any atom is -0.384 e. The first-order valence-electron chi connectivity index (χ1n) is 10.1. The van der Waals surface area contributed by atoms with Gasteiger partial charge >= 0.3 is 0 Å². The van der Waals surface area contributed by atoms with Crippen LogP contribution in [0.2, 0.25) is 0 Å². The van der Waals surface area contributed by atoms with Crippen molar-refractivity contribution in [2.75, 3.05) is 44.6 Å². The van der Waals surface area contributed by atoms with Crippen LogP contribution in [0.4, 0.5) is 5.69 Å². The molecular weight excluding hydrogens is 410 g/mol. The van der Waals surface area contributed by atoms with E-state index in [9.17, 15) is 19.2 Å². The van der Waals surface area contributed by atoms with Gasteiger partial charge in [0, 0.05) is 44.8 Å². The summed E-state index contributed by atoms with van der Waals surface area (Å²) in [6.07, 6.45) is 1.19. The molecule has 2 saturated heterocycles. The molecule has 3 heterocycles. The van der Waals surface area contributed by atoms with Gasteiger partial charge in [-0.15, -0.1) is 12.4 Å². The summed E-state index contributed by atoms with van der Waals surface area (Å²) in [6, 6.07) is 4.17. The van der Waals surface area contributed by atoms with Gasteiger partial charge in [0.2, 0.25) is 11.8 Å². The van der Waals surface area contributed by atoms with Gasteiger partial charge in [-0.25, -0.2) is 0 Å².